The SMILES string of the molecule is Cc1cc(NC(=O)C(C)Sc2nc(NC3CC3)c3ccccc3n2)no1. The summed E-state index contributed by atoms with van der Waals surface area (Å²) in [5, 5.41) is 11.2. The lowest BCUT2D eigenvalue weighted by Gasteiger charge is -2.12. The molecule has 1 aromatic carbocycles. The zero-order chi connectivity index (χ0) is 18.1. The number of hydrogen-bond acceptors (Lipinski definition) is 7. The fourth-order valence-electron chi connectivity index (χ4n) is 2.50. The summed E-state index contributed by atoms with van der Waals surface area (Å²) < 4.78 is 4.97. The summed E-state index contributed by atoms with van der Waals surface area (Å²) in [7, 11) is 0. The van der Waals surface area contributed by atoms with Crippen LogP contribution < -0.4 is 10.6 Å². The highest BCUT2D eigenvalue weighted by atomic mass is 32.2. The van der Waals surface area contributed by atoms with Gasteiger partial charge in [0.2, 0.25) is 5.91 Å². The van der Waals surface area contributed by atoms with E-state index in [2.05, 4.69) is 25.8 Å². The Labute approximate surface area is 155 Å². The number of aromatic nitrogens is 3. The van der Waals surface area contributed by atoms with Crippen molar-refractivity contribution < 1.29 is 9.32 Å². The first kappa shape index (κ1) is 16.8. The predicted octanol–water partition coefficient (Wildman–Crippen LogP) is 3.62. The minimum absolute atomic E-state index is 0.170. The summed E-state index contributed by atoms with van der Waals surface area (Å²) >= 11 is 1.32. The maximum atomic E-state index is 12.4. The number of fused-ring (bicyclic) bond motifs is 1. The van der Waals surface area contributed by atoms with Crippen molar-refractivity contribution in [1.29, 1.82) is 0 Å². The molecular weight excluding hydrogens is 350 g/mol. The van der Waals surface area contributed by atoms with Crippen LogP contribution in [0.4, 0.5) is 11.6 Å². The zero-order valence-corrected chi connectivity index (χ0v) is 15.3. The molecule has 2 N–H and O–H groups in total. The molecule has 8 heteroatoms. The number of amides is 1. The van der Waals surface area contributed by atoms with Gasteiger partial charge in [0.05, 0.1) is 10.8 Å². The first-order valence-electron chi connectivity index (χ1n) is 8.52. The number of nitrogens with one attached hydrogen (secondary N) is 2. The summed E-state index contributed by atoms with van der Waals surface area (Å²) in [5.74, 6) is 1.72. The van der Waals surface area contributed by atoms with Crippen LogP contribution in [-0.4, -0.2) is 32.3 Å². The van der Waals surface area contributed by atoms with Crippen LogP contribution in [0, 0.1) is 6.92 Å². The maximum Gasteiger partial charge on any atom is 0.238 e. The standard InChI is InChI=1S/C18H19N5O2S/c1-10-9-15(23-25-10)21-17(24)11(2)26-18-20-14-6-4-3-5-13(14)16(22-18)19-12-7-8-12/h3-6,9,11-12H,7-8H2,1-2H3,(H,19,20,22)(H,21,23,24). The van der Waals surface area contributed by atoms with E-state index in [0.717, 1.165) is 29.6 Å². The fraction of sp³-hybridized carbons (Fsp3) is 0.333. The average Bonchev–Trinajstić information content (AvgIpc) is 3.35. The monoisotopic (exact) mass is 369 g/mol. The third-order valence-corrected chi connectivity index (χ3v) is 4.99. The van der Waals surface area contributed by atoms with E-state index in [9.17, 15) is 4.79 Å². The summed E-state index contributed by atoms with van der Waals surface area (Å²) in [4.78, 5) is 21.6. The van der Waals surface area contributed by atoms with E-state index in [1.807, 2.05) is 31.2 Å². The molecule has 1 atom stereocenters. The second-order valence-corrected chi connectivity index (χ2v) is 7.67. The smallest absolute Gasteiger partial charge is 0.238 e. The van der Waals surface area contributed by atoms with Crippen LogP contribution in [0.5, 0.6) is 0 Å². The van der Waals surface area contributed by atoms with Gasteiger partial charge < -0.3 is 15.2 Å². The largest absolute Gasteiger partial charge is 0.367 e. The summed E-state index contributed by atoms with van der Waals surface area (Å²) in [6.45, 7) is 3.59. The highest BCUT2D eigenvalue weighted by molar-refractivity contribution is 8.00. The van der Waals surface area contributed by atoms with Gasteiger partial charge in [-0.1, -0.05) is 29.1 Å². The molecule has 1 saturated carbocycles. The van der Waals surface area contributed by atoms with Gasteiger partial charge in [0, 0.05) is 17.5 Å². The molecule has 0 bridgehead atoms. The van der Waals surface area contributed by atoms with E-state index in [-0.39, 0.29) is 11.2 Å². The number of aryl methyl sites for hydroxylation is 1. The number of carbonyl (C=O) groups excluding carboxylic acids is 1. The van der Waals surface area contributed by atoms with Crippen LogP contribution >= 0.6 is 11.8 Å². The third-order valence-electron chi connectivity index (χ3n) is 4.03. The van der Waals surface area contributed by atoms with Crippen molar-refractivity contribution in [1.82, 2.24) is 15.1 Å². The van der Waals surface area contributed by atoms with E-state index in [1.165, 1.54) is 11.8 Å². The molecule has 2 heterocycles. The Morgan fingerprint density at radius 2 is 2.12 bits per heavy atom. The molecule has 1 unspecified atom stereocenters. The first-order chi connectivity index (χ1) is 12.6. The Morgan fingerprint density at radius 3 is 2.85 bits per heavy atom. The number of benzene rings is 1. The van der Waals surface area contributed by atoms with Gasteiger partial charge in [0.1, 0.15) is 11.6 Å². The average molecular weight is 369 g/mol. The normalized spacial score (nSPS) is 15.0. The molecule has 1 aliphatic carbocycles. The second-order valence-electron chi connectivity index (χ2n) is 6.36. The van der Waals surface area contributed by atoms with Gasteiger partial charge in [-0.05, 0) is 38.8 Å². The number of carbonyl (C=O) groups is 1. The Hall–Kier alpha value is -2.61. The zero-order valence-electron chi connectivity index (χ0n) is 14.5. The van der Waals surface area contributed by atoms with E-state index in [4.69, 9.17) is 4.52 Å². The Morgan fingerprint density at radius 1 is 1.31 bits per heavy atom. The van der Waals surface area contributed by atoms with Crippen LogP contribution in [-0.2, 0) is 4.79 Å². The lowest BCUT2D eigenvalue weighted by Crippen LogP contribution is -2.23. The molecule has 0 aliphatic heterocycles. The van der Waals surface area contributed by atoms with Gasteiger partial charge in [-0.2, -0.15) is 0 Å². The molecule has 0 spiro atoms. The number of para-hydroxylation sites is 1. The summed E-state index contributed by atoms with van der Waals surface area (Å²) in [6.07, 6.45) is 2.33. The van der Waals surface area contributed by atoms with Gasteiger partial charge in [-0.3, -0.25) is 4.79 Å². The van der Waals surface area contributed by atoms with Crippen LogP contribution in [0.1, 0.15) is 25.5 Å². The Kier molecular flexibility index (Phi) is 4.50. The first-order valence-corrected chi connectivity index (χ1v) is 9.40. The lowest BCUT2D eigenvalue weighted by molar-refractivity contribution is -0.115. The minimum Gasteiger partial charge on any atom is -0.367 e. The number of thioether (sulfide) groups is 1. The van der Waals surface area contributed by atoms with Gasteiger partial charge in [0.15, 0.2) is 11.0 Å². The topological polar surface area (TPSA) is 92.9 Å². The van der Waals surface area contributed by atoms with Gasteiger partial charge in [-0.25, -0.2) is 9.97 Å². The van der Waals surface area contributed by atoms with Crippen LogP contribution in [0.3, 0.4) is 0 Å². The fourth-order valence-corrected chi connectivity index (χ4v) is 3.28. The van der Waals surface area contributed by atoms with E-state index in [1.54, 1.807) is 13.0 Å². The van der Waals surface area contributed by atoms with Gasteiger partial charge >= 0.3 is 0 Å². The quantitative estimate of drug-likeness (QED) is 0.506. The molecule has 1 amide bonds. The van der Waals surface area contributed by atoms with Crippen LogP contribution in [0.25, 0.3) is 10.9 Å². The molecule has 7 nitrogen and oxygen atoms in total. The van der Waals surface area contributed by atoms with E-state index in [0.29, 0.717) is 22.8 Å². The van der Waals surface area contributed by atoms with Gasteiger partial charge in [0.25, 0.3) is 0 Å². The molecule has 4 rings (SSSR count). The molecular formula is C18H19N5O2S. The molecule has 1 aliphatic rings. The molecule has 134 valence electrons. The highest BCUT2D eigenvalue weighted by Gasteiger charge is 2.24. The molecule has 2 aromatic heterocycles. The second kappa shape index (κ2) is 6.95. The van der Waals surface area contributed by atoms with Gasteiger partial charge in [-0.15, -0.1) is 0 Å². The van der Waals surface area contributed by atoms with Crippen molar-refractivity contribution in [3.8, 4) is 0 Å². The van der Waals surface area contributed by atoms with Crippen molar-refractivity contribution >= 4 is 40.2 Å². The van der Waals surface area contributed by atoms with Crippen molar-refractivity contribution in [3.05, 3.63) is 36.1 Å². The Balaban J connectivity index is 1.52. The highest BCUT2D eigenvalue weighted by Crippen LogP contribution is 2.31. The molecule has 26 heavy (non-hydrogen) atoms. The summed E-state index contributed by atoms with van der Waals surface area (Å²) in [6, 6.07) is 10.1. The molecule has 0 radical (unpaired) electrons. The predicted molar refractivity (Wildman–Crippen MR) is 101 cm³/mol. The van der Waals surface area contributed by atoms with Crippen molar-refractivity contribution in [3.63, 3.8) is 0 Å². The molecule has 3 aromatic rings. The third kappa shape index (κ3) is 3.80. The minimum atomic E-state index is -0.373. The number of anilines is 2. The van der Waals surface area contributed by atoms with Crippen LogP contribution in [0.15, 0.2) is 40.0 Å². The van der Waals surface area contributed by atoms with Crippen molar-refractivity contribution in [2.75, 3.05) is 10.6 Å². The molecule has 0 saturated heterocycles. The van der Waals surface area contributed by atoms with Crippen molar-refractivity contribution in [2.24, 2.45) is 0 Å². The van der Waals surface area contributed by atoms with E-state index < -0.39 is 0 Å². The Bertz CT molecular complexity index is 954. The van der Waals surface area contributed by atoms with Crippen LogP contribution in [0.2, 0.25) is 0 Å². The molecule has 1 fully saturated rings. The number of hydrogen-bond donors (Lipinski definition) is 2. The number of nitrogens with zero attached hydrogens (tertiary/aromatic N) is 3. The summed E-state index contributed by atoms with van der Waals surface area (Å²) in [5.41, 5.74) is 0.868. The van der Waals surface area contributed by atoms with Crippen molar-refractivity contribution in [2.45, 2.75) is 43.1 Å². The van der Waals surface area contributed by atoms with E-state index >= 15 is 0 Å². The maximum absolute atomic E-state index is 12.4. The number of rotatable bonds is 6. The lowest BCUT2D eigenvalue weighted by atomic mass is 10.2.